The van der Waals surface area contributed by atoms with Crippen LogP contribution in [0.15, 0.2) is 9.90 Å². The number of aryl methyl sites for hydroxylation is 1. The van der Waals surface area contributed by atoms with Gasteiger partial charge in [0.25, 0.3) is 0 Å². The fourth-order valence-electron chi connectivity index (χ4n) is 1.61. The van der Waals surface area contributed by atoms with Crippen LogP contribution in [0.2, 0.25) is 0 Å². The standard InChI is InChI=1S/C12H18N4OS/c1-4-12(3,7-13)11-15-10(16-17-11)5-9-6-18-8(2)14-9/h6H,4-5,7,13H2,1-3H3. The molecule has 0 bridgehead atoms. The molecule has 2 N–H and O–H groups in total. The van der Waals surface area contributed by atoms with E-state index in [4.69, 9.17) is 10.3 Å². The molecule has 0 saturated carbocycles. The summed E-state index contributed by atoms with van der Waals surface area (Å²) in [6.45, 7) is 6.59. The minimum Gasteiger partial charge on any atom is -0.339 e. The van der Waals surface area contributed by atoms with Gasteiger partial charge in [0.15, 0.2) is 5.82 Å². The second-order valence-electron chi connectivity index (χ2n) is 4.67. The second kappa shape index (κ2) is 5.16. The van der Waals surface area contributed by atoms with Gasteiger partial charge in [-0.25, -0.2) is 4.98 Å². The molecule has 0 spiro atoms. The SMILES string of the molecule is CCC(C)(CN)c1nc(Cc2csc(C)n2)no1. The van der Waals surface area contributed by atoms with Crippen LogP contribution < -0.4 is 5.73 Å². The van der Waals surface area contributed by atoms with Crippen molar-refractivity contribution in [2.45, 2.75) is 39.0 Å². The lowest BCUT2D eigenvalue weighted by Crippen LogP contribution is -2.31. The molecule has 2 rings (SSSR count). The number of rotatable bonds is 5. The predicted molar refractivity (Wildman–Crippen MR) is 70.7 cm³/mol. The molecular weight excluding hydrogens is 248 g/mol. The van der Waals surface area contributed by atoms with Gasteiger partial charge in [0.1, 0.15) is 0 Å². The van der Waals surface area contributed by atoms with Crippen molar-refractivity contribution in [2.75, 3.05) is 6.54 Å². The van der Waals surface area contributed by atoms with E-state index < -0.39 is 0 Å². The fraction of sp³-hybridized carbons (Fsp3) is 0.583. The quantitative estimate of drug-likeness (QED) is 0.896. The number of hydrogen-bond donors (Lipinski definition) is 1. The average molecular weight is 266 g/mol. The molecule has 2 aromatic heterocycles. The lowest BCUT2D eigenvalue weighted by Gasteiger charge is -2.20. The van der Waals surface area contributed by atoms with Crippen molar-refractivity contribution in [3.8, 4) is 0 Å². The highest BCUT2D eigenvalue weighted by atomic mass is 32.1. The van der Waals surface area contributed by atoms with E-state index in [1.54, 1.807) is 11.3 Å². The summed E-state index contributed by atoms with van der Waals surface area (Å²) in [5, 5.41) is 7.08. The normalized spacial score (nSPS) is 14.7. The van der Waals surface area contributed by atoms with Gasteiger partial charge in [-0.2, -0.15) is 4.98 Å². The Bertz CT molecular complexity index is 516. The lowest BCUT2D eigenvalue weighted by atomic mass is 9.88. The third-order valence-corrected chi connectivity index (χ3v) is 4.04. The van der Waals surface area contributed by atoms with Crippen molar-refractivity contribution in [3.63, 3.8) is 0 Å². The number of aromatic nitrogens is 3. The first-order valence-electron chi connectivity index (χ1n) is 6.01. The van der Waals surface area contributed by atoms with Gasteiger partial charge in [0, 0.05) is 11.9 Å². The summed E-state index contributed by atoms with van der Waals surface area (Å²) in [6, 6.07) is 0. The molecule has 0 amide bonds. The van der Waals surface area contributed by atoms with Crippen molar-refractivity contribution in [2.24, 2.45) is 5.73 Å². The van der Waals surface area contributed by atoms with Crippen LogP contribution in [0.3, 0.4) is 0 Å². The maximum Gasteiger partial charge on any atom is 0.233 e. The van der Waals surface area contributed by atoms with Gasteiger partial charge in [-0.05, 0) is 20.3 Å². The summed E-state index contributed by atoms with van der Waals surface area (Å²) in [7, 11) is 0. The zero-order valence-corrected chi connectivity index (χ0v) is 11.8. The largest absolute Gasteiger partial charge is 0.339 e. The Hall–Kier alpha value is -1.27. The van der Waals surface area contributed by atoms with Crippen molar-refractivity contribution in [3.05, 3.63) is 27.8 Å². The molecule has 18 heavy (non-hydrogen) atoms. The van der Waals surface area contributed by atoms with Crippen LogP contribution in [0.5, 0.6) is 0 Å². The van der Waals surface area contributed by atoms with Gasteiger partial charge in [0.2, 0.25) is 5.89 Å². The predicted octanol–water partition coefficient (Wildman–Crippen LogP) is 2.05. The molecule has 0 saturated heterocycles. The number of thiazole rings is 1. The molecule has 0 aliphatic carbocycles. The van der Waals surface area contributed by atoms with Crippen LogP contribution in [0, 0.1) is 6.92 Å². The third kappa shape index (κ3) is 2.59. The highest BCUT2D eigenvalue weighted by Crippen LogP contribution is 2.24. The van der Waals surface area contributed by atoms with E-state index in [1.807, 2.05) is 19.2 Å². The average Bonchev–Trinajstić information content (AvgIpc) is 2.98. The first kappa shape index (κ1) is 13.2. The van der Waals surface area contributed by atoms with Crippen LogP contribution >= 0.6 is 11.3 Å². The molecule has 98 valence electrons. The van der Waals surface area contributed by atoms with Crippen LogP contribution in [0.1, 0.15) is 42.7 Å². The summed E-state index contributed by atoms with van der Waals surface area (Å²) in [6.07, 6.45) is 1.49. The first-order valence-corrected chi connectivity index (χ1v) is 6.89. The van der Waals surface area contributed by atoms with Crippen LogP contribution in [0.25, 0.3) is 0 Å². The summed E-state index contributed by atoms with van der Waals surface area (Å²) < 4.78 is 5.33. The monoisotopic (exact) mass is 266 g/mol. The molecule has 5 nitrogen and oxygen atoms in total. The maximum absolute atomic E-state index is 5.78. The lowest BCUT2D eigenvalue weighted by molar-refractivity contribution is 0.289. The molecular formula is C12H18N4OS. The smallest absolute Gasteiger partial charge is 0.233 e. The molecule has 0 radical (unpaired) electrons. The van der Waals surface area contributed by atoms with Crippen molar-refractivity contribution in [1.82, 2.24) is 15.1 Å². The molecule has 6 heteroatoms. The minimum atomic E-state index is -0.233. The topological polar surface area (TPSA) is 77.8 Å². The Morgan fingerprint density at radius 3 is 2.78 bits per heavy atom. The van der Waals surface area contributed by atoms with Gasteiger partial charge in [-0.15, -0.1) is 11.3 Å². The first-order chi connectivity index (χ1) is 8.57. The number of nitrogens with two attached hydrogens (primary N) is 1. The van der Waals surface area contributed by atoms with Gasteiger partial charge >= 0.3 is 0 Å². The van der Waals surface area contributed by atoms with E-state index >= 15 is 0 Å². The Morgan fingerprint density at radius 2 is 2.22 bits per heavy atom. The van der Waals surface area contributed by atoms with Crippen LogP contribution in [-0.4, -0.2) is 21.7 Å². The van der Waals surface area contributed by atoms with E-state index in [0.29, 0.717) is 24.7 Å². The summed E-state index contributed by atoms with van der Waals surface area (Å²) in [5.74, 6) is 1.29. The van der Waals surface area contributed by atoms with Crippen LogP contribution in [-0.2, 0) is 11.8 Å². The Morgan fingerprint density at radius 1 is 1.44 bits per heavy atom. The molecule has 1 unspecified atom stereocenters. The van der Waals surface area contributed by atoms with Gasteiger partial charge in [-0.1, -0.05) is 12.1 Å². The second-order valence-corrected chi connectivity index (χ2v) is 5.73. The van der Waals surface area contributed by atoms with E-state index in [1.165, 1.54) is 0 Å². The van der Waals surface area contributed by atoms with E-state index in [9.17, 15) is 0 Å². The number of hydrogen-bond acceptors (Lipinski definition) is 6. The molecule has 0 fully saturated rings. The van der Waals surface area contributed by atoms with Crippen molar-refractivity contribution < 1.29 is 4.52 Å². The minimum absolute atomic E-state index is 0.233. The Balaban J connectivity index is 2.15. The van der Waals surface area contributed by atoms with Crippen molar-refractivity contribution in [1.29, 1.82) is 0 Å². The van der Waals surface area contributed by atoms with E-state index in [2.05, 4.69) is 22.0 Å². The molecule has 0 aliphatic heterocycles. The Kier molecular flexibility index (Phi) is 3.77. The molecule has 1 atom stereocenters. The van der Waals surface area contributed by atoms with E-state index in [-0.39, 0.29) is 5.41 Å². The maximum atomic E-state index is 5.78. The molecule has 0 aliphatic rings. The zero-order valence-electron chi connectivity index (χ0n) is 10.9. The van der Waals surface area contributed by atoms with Crippen molar-refractivity contribution >= 4 is 11.3 Å². The highest BCUT2D eigenvalue weighted by molar-refractivity contribution is 7.09. The summed E-state index contributed by atoms with van der Waals surface area (Å²) in [5.41, 5.74) is 6.53. The molecule has 2 aromatic rings. The zero-order chi connectivity index (χ0) is 13.2. The number of nitrogens with zero attached hydrogens (tertiary/aromatic N) is 3. The third-order valence-electron chi connectivity index (χ3n) is 3.22. The molecule has 0 aromatic carbocycles. The summed E-state index contributed by atoms with van der Waals surface area (Å²) >= 11 is 1.63. The summed E-state index contributed by atoms with van der Waals surface area (Å²) in [4.78, 5) is 8.83. The Labute approximate surface area is 110 Å². The highest BCUT2D eigenvalue weighted by Gasteiger charge is 2.29. The van der Waals surface area contributed by atoms with Gasteiger partial charge in [-0.3, -0.25) is 0 Å². The van der Waals surface area contributed by atoms with Crippen LogP contribution in [0.4, 0.5) is 0 Å². The van der Waals surface area contributed by atoms with Gasteiger partial charge < -0.3 is 10.3 Å². The van der Waals surface area contributed by atoms with E-state index in [0.717, 1.165) is 17.1 Å². The molecule has 2 heterocycles. The van der Waals surface area contributed by atoms with Gasteiger partial charge in [0.05, 0.1) is 22.5 Å². The fourth-order valence-corrected chi connectivity index (χ4v) is 2.22.